The molecule has 0 atom stereocenters. The van der Waals surface area contributed by atoms with Gasteiger partial charge >= 0.3 is 0 Å². The number of hydrogen-bond donors (Lipinski definition) is 3. The van der Waals surface area contributed by atoms with E-state index in [0.717, 1.165) is 31.9 Å². The number of nitrogens with zero attached hydrogens (tertiary/aromatic N) is 3. The minimum Gasteiger partial charge on any atom is -0.359 e. The lowest BCUT2D eigenvalue weighted by Gasteiger charge is -2.34. The van der Waals surface area contributed by atoms with E-state index < -0.39 is 10.0 Å². The van der Waals surface area contributed by atoms with Crippen LogP contribution in [0.2, 0.25) is 0 Å². The predicted octanol–water partition coefficient (Wildman–Crippen LogP) is -0.217. The third kappa shape index (κ3) is 6.47. The summed E-state index contributed by atoms with van der Waals surface area (Å²) in [6.07, 6.45) is 5.27. The van der Waals surface area contributed by atoms with Gasteiger partial charge in [0.2, 0.25) is 15.9 Å². The zero-order valence-corrected chi connectivity index (χ0v) is 16.6. The first-order valence-electron chi connectivity index (χ1n) is 9.02. The van der Waals surface area contributed by atoms with Crippen LogP contribution in [-0.2, 0) is 14.8 Å². The number of carbonyl (C=O) groups is 1. The SMILES string of the molecule is CN=C(NCCNS(=O)(=O)c1cccnc1)N1CCC(CC(=O)NC)CC1. The summed E-state index contributed by atoms with van der Waals surface area (Å²) in [6.45, 7) is 2.30. The maximum atomic E-state index is 12.1. The number of rotatable bonds is 7. The molecule has 2 heterocycles. The van der Waals surface area contributed by atoms with Gasteiger partial charge in [-0.05, 0) is 30.9 Å². The molecule has 1 amide bonds. The van der Waals surface area contributed by atoms with Crippen LogP contribution in [0.3, 0.4) is 0 Å². The number of aliphatic imine (C=N–C) groups is 1. The van der Waals surface area contributed by atoms with Crippen molar-refractivity contribution in [3.05, 3.63) is 24.5 Å². The van der Waals surface area contributed by atoms with Crippen LogP contribution in [0.4, 0.5) is 0 Å². The number of nitrogens with one attached hydrogen (secondary N) is 3. The third-order valence-electron chi connectivity index (χ3n) is 4.52. The van der Waals surface area contributed by atoms with Gasteiger partial charge in [0, 0.05) is 59.1 Å². The van der Waals surface area contributed by atoms with E-state index in [4.69, 9.17) is 0 Å². The molecule has 0 unspecified atom stereocenters. The first-order valence-corrected chi connectivity index (χ1v) is 10.5. The minimum atomic E-state index is -3.56. The van der Waals surface area contributed by atoms with E-state index in [-0.39, 0.29) is 17.3 Å². The largest absolute Gasteiger partial charge is 0.359 e. The number of pyridine rings is 1. The minimum absolute atomic E-state index is 0.0804. The molecule has 1 aliphatic rings. The molecule has 0 aliphatic carbocycles. The molecule has 1 aromatic rings. The maximum absolute atomic E-state index is 12.1. The molecule has 0 aromatic carbocycles. The van der Waals surface area contributed by atoms with Gasteiger partial charge in [-0.25, -0.2) is 13.1 Å². The normalized spacial score (nSPS) is 16.2. The number of aromatic nitrogens is 1. The molecule has 1 fully saturated rings. The molecule has 1 aromatic heterocycles. The molecule has 0 saturated carbocycles. The van der Waals surface area contributed by atoms with Crippen LogP contribution in [0.25, 0.3) is 0 Å². The summed E-state index contributed by atoms with van der Waals surface area (Å²) in [7, 11) is -0.189. The second-order valence-electron chi connectivity index (χ2n) is 6.37. The van der Waals surface area contributed by atoms with Crippen molar-refractivity contribution in [1.82, 2.24) is 25.2 Å². The lowest BCUT2D eigenvalue weighted by atomic mass is 9.93. The quantitative estimate of drug-likeness (QED) is 0.333. The van der Waals surface area contributed by atoms with E-state index in [9.17, 15) is 13.2 Å². The number of sulfonamides is 1. The van der Waals surface area contributed by atoms with Gasteiger partial charge < -0.3 is 15.5 Å². The van der Waals surface area contributed by atoms with Gasteiger partial charge in [-0.15, -0.1) is 0 Å². The van der Waals surface area contributed by atoms with Crippen LogP contribution >= 0.6 is 0 Å². The number of amides is 1. The van der Waals surface area contributed by atoms with Gasteiger partial charge in [0.25, 0.3) is 0 Å². The highest BCUT2D eigenvalue weighted by Crippen LogP contribution is 2.20. The molecule has 0 bridgehead atoms. The van der Waals surface area contributed by atoms with Crippen molar-refractivity contribution < 1.29 is 13.2 Å². The van der Waals surface area contributed by atoms with Gasteiger partial charge in [0.15, 0.2) is 5.96 Å². The average Bonchev–Trinajstić information content (AvgIpc) is 2.69. The van der Waals surface area contributed by atoms with Gasteiger partial charge in [-0.2, -0.15) is 0 Å². The fourth-order valence-electron chi connectivity index (χ4n) is 2.99. The lowest BCUT2D eigenvalue weighted by Crippen LogP contribution is -2.47. The molecule has 2 rings (SSSR count). The summed E-state index contributed by atoms with van der Waals surface area (Å²) in [4.78, 5) is 21.9. The van der Waals surface area contributed by atoms with Crippen molar-refractivity contribution in [3.63, 3.8) is 0 Å². The van der Waals surface area contributed by atoms with Crippen LogP contribution in [-0.4, -0.2) is 70.4 Å². The summed E-state index contributed by atoms with van der Waals surface area (Å²) in [5, 5.41) is 5.85. The summed E-state index contributed by atoms with van der Waals surface area (Å²) in [5.41, 5.74) is 0. The molecule has 10 heteroatoms. The molecule has 27 heavy (non-hydrogen) atoms. The van der Waals surface area contributed by atoms with Crippen molar-refractivity contribution in [2.75, 3.05) is 40.3 Å². The standard InChI is InChI=1S/C17H28N6O3S/c1-18-16(24)12-14-5-10-23(11-6-14)17(19-2)21-8-9-22-27(25,26)15-4-3-7-20-13-15/h3-4,7,13-14,22H,5-6,8-12H2,1-2H3,(H,18,24)(H,19,21). The summed E-state index contributed by atoms with van der Waals surface area (Å²) in [6, 6.07) is 3.09. The van der Waals surface area contributed by atoms with Crippen LogP contribution in [0.1, 0.15) is 19.3 Å². The van der Waals surface area contributed by atoms with E-state index in [0.29, 0.717) is 18.9 Å². The van der Waals surface area contributed by atoms with Crippen molar-refractivity contribution in [2.24, 2.45) is 10.9 Å². The number of guanidine groups is 1. The van der Waals surface area contributed by atoms with Gasteiger partial charge in [-0.3, -0.25) is 14.8 Å². The Morgan fingerprint density at radius 2 is 2.07 bits per heavy atom. The summed E-state index contributed by atoms with van der Waals surface area (Å²) in [5.74, 6) is 1.22. The molecular weight excluding hydrogens is 368 g/mol. The summed E-state index contributed by atoms with van der Waals surface area (Å²) < 4.78 is 26.8. The fourth-order valence-corrected chi connectivity index (χ4v) is 3.99. The second kappa shape index (κ2) is 10.2. The topological polar surface area (TPSA) is 116 Å². The van der Waals surface area contributed by atoms with Crippen LogP contribution in [0.5, 0.6) is 0 Å². The maximum Gasteiger partial charge on any atom is 0.242 e. The van der Waals surface area contributed by atoms with Gasteiger partial charge in [0.05, 0.1) is 0 Å². The van der Waals surface area contributed by atoms with E-state index in [1.54, 1.807) is 20.2 Å². The highest BCUT2D eigenvalue weighted by molar-refractivity contribution is 7.89. The van der Waals surface area contributed by atoms with Gasteiger partial charge in [0.1, 0.15) is 4.90 Å². The Morgan fingerprint density at radius 3 is 2.67 bits per heavy atom. The molecule has 1 saturated heterocycles. The third-order valence-corrected chi connectivity index (χ3v) is 5.97. The molecule has 150 valence electrons. The zero-order chi connectivity index (χ0) is 19.7. The Morgan fingerprint density at radius 1 is 1.33 bits per heavy atom. The van der Waals surface area contributed by atoms with Gasteiger partial charge in [-0.1, -0.05) is 0 Å². The van der Waals surface area contributed by atoms with Crippen molar-refractivity contribution in [3.8, 4) is 0 Å². The Hall–Kier alpha value is -2.20. The number of likely N-dealkylation sites (tertiary alicyclic amines) is 1. The Bertz CT molecular complexity index is 730. The molecular formula is C17H28N6O3S. The highest BCUT2D eigenvalue weighted by atomic mass is 32.2. The van der Waals surface area contributed by atoms with E-state index in [2.05, 4.69) is 30.2 Å². The Kier molecular flexibility index (Phi) is 7.99. The van der Waals surface area contributed by atoms with E-state index in [1.807, 2.05) is 0 Å². The molecule has 0 radical (unpaired) electrons. The van der Waals surface area contributed by atoms with Crippen LogP contribution in [0, 0.1) is 5.92 Å². The molecule has 0 spiro atoms. The highest BCUT2D eigenvalue weighted by Gasteiger charge is 2.23. The molecule has 9 nitrogen and oxygen atoms in total. The zero-order valence-electron chi connectivity index (χ0n) is 15.8. The number of piperidine rings is 1. The first-order chi connectivity index (χ1) is 13.0. The van der Waals surface area contributed by atoms with Crippen LogP contribution in [0.15, 0.2) is 34.4 Å². The Labute approximate surface area is 160 Å². The van der Waals surface area contributed by atoms with Crippen molar-refractivity contribution in [2.45, 2.75) is 24.2 Å². The number of hydrogen-bond acceptors (Lipinski definition) is 5. The molecule has 1 aliphatic heterocycles. The average molecular weight is 397 g/mol. The van der Waals surface area contributed by atoms with E-state index >= 15 is 0 Å². The Balaban J connectivity index is 1.74. The smallest absolute Gasteiger partial charge is 0.242 e. The van der Waals surface area contributed by atoms with Crippen LogP contribution < -0.4 is 15.4 Å². The summed E-state index contributed by atoms with van der Waals surface area (Å²) >= 11 is 0. The second-order valence-corrected chi connectivity index (χ2v) is 8.14. The lowest BCUT2D eigenvalue weighted by molar-refractivity contribution is -0.121. The van der Waals surface area contributed by atoms with Crippen molar-refractivity contribution in [1.29, 1.82) is 0 Å². The first kappa shape index (κ1) is 21.1. The number of carbonyl (C=O) groups excluding carboxylic acids is 1. The predicted molar refractivity (Wildman–Crippen MR) is 104 cm³/mol. The molecule has 3 N–H and O–H groups in total. The fraction of sp³-hybridized carbons (Fsp3) is 0.588. The van der Waals surface area contributed by atoms with E-state index in [1.165, 1.54) is 18.5 Å². The monoisotopic (exact) mass is 396 g/mol. The van der Waals surface area contributed by atoms with Crippen molar-refractivity contribution >= 4 is 21.9 Å².